The van der Waals surface area contributed by atoms with Gasteiger partial charge < -0.3 is 25.0 Å². The molecule has 0 aliphatic heterocycles. The molecule has 0 aromatic rings. The molecule has 7 nitrogen and oxygen atoms in total. The van der Waals surface area contributed by atoms with Crippen LogP contribution in [0.1, 0.15) is 20.8 Å². The monoisotopic (exact) mass is 289 g/mol. The van der Waals surface area contributed by atoms with Gasteiger partial charge in [-0.3, -0.25) is 4.79 Å². The van der Waals surface area contributed by atoms with E-state index in [1.54, 1.807) is 20.8 Å². The van der Waals surface area contributed by atoms with Crippen molar-refractivity contribution in [2.75, 3.05) is 46.9 Å². The van der Waals surface area contributed by atoms with Crippen LogP contribution in [0.5, 0.6) is 0 Å². The second kappa shape index (κ2) is 8.76. The van der Waals surface area contributed by atoms with E-state index in [9.17, 15) is 9.59 Å². The Hall–Kier alpha value is -1.34. The summed E-state index contributed by atoms with van der Waals surface area (Å²) in [5.41, 5.74) is -0.547. The molecule has 0 saturated heterocycles. The molecule has 7 heteroatoms. The highest BCUT2D eigenvalue weighted by Gasteiger charge is 2.28. The Morgan fingerprint density at radius 2 is 1.80 bits per heavy atom. The van der Waals surface area contributed by atoms with Crippen molar-refractivity contribution in [1.82, 2.24) is 15.1 Å². The lowest BCUT2D eigenvalue weighted by Gasteiger charge is -2.34. The summed E-state index contributed by atoms with van der Waals surface area (Å²) in [7, 11) is 3.91. The minimum atomic E-state index is -1.03. The molecule has 0 fully saturated rings. The third-order valence-corrected chi connectivity index (χ3v) is 2.55. The third kappa shape index (κ3) is 8.71. The fourth-order valence-corrected chi connectivity index (χ4v) is 1.42. The summed E-state index contributed by atoms with van der Waals surface area (Å²) < 4.78 is 5.35. The molecule has 0 aromatic carbocycles. The van der Waals surface area contributed by atoms with Gasteiger partial charge in [0.05, 0.1) is 13.2 Å². The molecule has 0 heterocycles. The van der Waals surface area contributed by atoms with E-state index in [0.29, 0.717) is 19.8 Å². The van der Waals surface area contributed by atoms with Crippen LogP contribution in [0.15, 0.2) is 0 Å². The molecule has 0 aromatic heterocycles. The molecule has 0 aliphatic carbocycles. The minimum absolute atomic E-state index is 0.323. The van der Waals surface area contributed by atoms with Gasteiger partial charge in [-0.1, -0.05) is 0 Å². The summed E-state index contributed by atoms with van der Waals surface area (Å²) in [5.74, 6) is -1.03. The van der Waals surface area contributed by atoms with Crippen molar-refractivity contribution in [3.8, 4) is 0 Å². The van der Waals surface area contributed by atoms with Crippen LogP contribution in [0.2, 0.25) is 0 Å². The molecule has 0 rings (SSSR count). The molecule has 0 radical (unpaired) electrons. The summed E-state index contributed by atoms with van der Waals surface area (Å²) in [6, 6.07) is -0.392. The van der Waals surface area contributed by atoms with Gasteiger partial charge in [-0.2, -0.15) is 0 Å². The molecular formula is C13H27N3O4. The van der Waals surface area contributed by atoms with E-state index in [1.165, 1.54) is 4.90 Å². The number of hydrogen-bond acceptors (Lipinski definition) is 4. The largest absolute Gasteiger partial charge is 0.480 e. The fourth-order valence-electron chi connectivity index (χ4n) is 1.42. The number of urea groups is 1. The Morgan fingerprint density at radius 1 is 1.20 bits per heavy atom. The first-order valence-corrected chi connectivity index (χ1v) is 6.64. The molecule has 0 aliphatic rings. The highest BCUT2D eigenvalue weighted by molar-refractivity contribution is 5.80. The van der Waals surface area contributed by atoms with Crippen LogP contribution >= 0.6 is 0 Å². The van der Waals surface area contributed by atoms with Crippen LogP contribution in [-0.2, 0) is 9.53 Å². The number of aliphatic carboxylic acids is 1. The zero-order valence-electron chi connectivity index (χ0n) is 13.1. The summed E-state index contributed by atoms with van der Waals surface area (Å²) in [5, 5.41) is 11.5. The molecule has 0 spiro atoms. The second-order valence-corrected chi connectivity index (χ2v) is 5.80. The van der Waals surface area contributed by atoms with E-state index in [0.717, 1.165) is 6.54 Å². The molecular weight excluding hydrogens is 262 g/mol. The van der Waals surface area contributed by atoms with E-state index in [1.807, 2.05) is 19.0 Å². The normalized spacial score (nSPS) is 11.5. The van der Waals surface area contributed by atoms with Gasteiger partial charge >= 0.3 is 12.0 Å². The highest BCUT2D eigenvalue weighted by Crippen LogP contribution is 2.12. The lowest BCUT2D eigenvalue weighted by Crippen LogP contribution is -2.52. The molecule has 0 bridgehead atoms. The zero-order valence-corrected chi connectivity index (χ0v) is 13.1. The maximum absolute atomic E-state index is 12.0. The van der Waals surface area contributed by atoms with E-state index in [-0.39, 0.29) is 6.54 Å². The molecule has 0 saturated carbocycles. The van der Waals surface area contributed by atoms with Crippen LogP contribution in [0.3, 0.4) is 0 Å². The van der Waals surface area contributed by atoms with Crippen LogP contribution in [0.4, 0.5) is 4.79 Å². The number of hydrogen-bond donors (Lipinski definition) is 2. The number of likely N-dealkylation sites (N-methyl/N-ethyl adjacent to an activating group) is 1. The van der Waals surface area contributed by atoms with Gasteiger partial charge in [-0.25, -0.2) is 4.79 Å². The Labute approximate surface area is 120 Å². The molecule has 2 N–H and O–H groups in total. The fraction of sp³-hybridized carbons (Fsp3) is 0.846. The number of carboxylic acids is 1. The van der Waals surface area contributed by atoms with Crippen LogP contribution in [-0.4, -0.2) is 79.4 Å². The molecule has 20 heavy (non-hydrogen) atoms. The Balaban J connectivity index is 4.06. The van der Waals surface area contributed by atoms with Gasteiger partial charge in [-0.15, -0.1) is 0 Å². The lowest BCUT2D eigenvalue weighted by atomic mass is 10.1. The van der Waals surface area contributed by atoms with Crippen LogP contribution in [0, 0.1) is 0 Å². The number of amides is 2. The first-order chi connectivity index (χ1) is 9.14. The maximum atomic E-state index is 12.0. The predicted molar refractivity (Wildman–Crippen MR) is 76.9 cm³/mol. The summed E-state index contributed by atoms with van der Waals surface area (Å²) in [6.07, 6.45) is 0. The zero-order chi connectivity index (χ0) is 15.8. The summed E-state index contributed by atoms with van der Waals surface area (Å²) in [4.78, 5) is 26.0. The topological polar surface area (TPSA) is 82.1 Å². The van der Waals surface area contributed by atoms with Crippen molar-refractivity contribution in [2.24, 2.45) is 0 Å². The van der Waals surface area contributed by atoms with E-state index in [2.05, 4.69) is 5.32 Å². The Morgan fingerprint density at radius 3 is 2.25 bits per heavy atom. The van der Waals surface area contributed by atoms with Crippen LogP contribution < -0.4 is 5.32 Å². The average molecular weight is 289 g/mol. The number of ether oxygens (including phenoxy) is 1. The second-order valence-electron chi connectivity index (χ2n) is 5.80. The first kappa shape index (κ1) is 18.7. The van der Waals surface area contributed by atoms with Gasteiger partial charge in [-0.05, 0) is 34.9 Å². The maximum Gasteiger partial charge on any atom is 0.323 e. The van der Waals surface area contributed by atoms with Gasteiger partial charge in [0.25, 0.3) is 0 Å². The Kier molecular flexibility index (Phi) is 8.17. The van der Waals surface area contributed by atoms with Gasteiger partial charge in [0.15, 0.2) is 0 Å². The van der Waals surface area contributed by atoms with Crippen LogP contribution in [0.25, 0.3) is 0 Å². The van der Waals surface area contributed by atoms with Crippen molar-refractivity contribution >= 4 is 12.0 Å². The highest BCUT2D eigenvalue weighted by atomic mass is 16.5. The summed E-state index contributed by atoms with van der Waals surface area (Å²) >= 11 is 0. The average Bonchev–Trinajstić information content (AvgIpc) is 2.28. The first-order valence-electron chi connectivity index (χ1n) is 6.64. The molecule has 118 valence electrons. The van der Waals surface area contributed by atoms with Gasteiger partial charge in [0, 0.05) is 18.6 Å². The SMILES string of the molecule is CN(C)CCOCCNC(=O)N(CC(=O)O)C(C)(C)C. The quantitative estimate of drug-likeness (QED) is 0.634. The molecule has 0 unspecified atom stereocenters. The minimum Gasteiger partial charge on any atom is -0.480 e. The smallest absolute Gasteiger partial charge is 0.323 e. The van der Waals surface area contributed by atoms with Crippen molar-refractivity contribution < 1.29 is 19.4 Å². The lowest BCUT2D eigenvalue weighted by molar-refractivity contribution is -0.138. The molecule has 2 amide bonds. The number of carbonyl (C=O) groups excluding carboxylic acids is 1. The predicted octanol–water partition coefficient (Wildman–Crippen LogP) is 0.459. The van der Waals surface area contributed by atoms with Crippen molar-refractivity contribution in [2.45, 2.75) is 26.3 Å². The number of nitrogens with one attached hydrogen (secondary N) is 1. The Bertz CT molecular complexity index is 313. The van der Waals surface area contributed by atoms with Crippen molar-refractivity contribution in [1.29, 1.82) is 0 Å². The number of nitrogens with zero attached hydrogens (tertiary/aromatic N) is 2. The third-order valence-electron chi connectivity index (χ3n) is 2.55. The number of carboxylic acid groups (broad SMARTS) is 1. The summed E-state index contributed by atoms with van der Waals surface area (Å²) in [6.45, 7) is 7.25. The van der Waals surface area contributed by atoms with E-state index in [4.69, 9.17) is 9.84 Å². The van der Waals surface area contributed by atoms with Crippen molar-refractivity contribution in [3.63, 3.8) is 0 Å². The van der Waals surface area contributed by atoms with E-state index < -0.39 is 17.5 Å². The number of carbonyl (C=O) groups is 2. The standard InChI is InChI=1S/C13H27N3O4/c1-13(2,3)16(10-11(17)18)12(19)14-6-8-20-9-7-15(4)5/h6-10H2,1-5H3,(H,14,19)(H,17,18). The van der Waals surface area contributed by atoms with Gasteiger partial charge in [0.1, 0.15) is 6.54 Å². The van der Waals surface area contributed by atoms with E-state index >= 15 is 0 Å². The number of rotatable bonds is 8. The van der Waals surface area contributed by atoms with Crippen molar-refractivity contribution in [3.05, 3.63) is 0 Å². The van der Waals surface area contributed by atoms with Gasteiger partial charge in [0.2, 0.25) is 0 Å². The molecule has 0 atom stereocenters.